The Morgan fingerprint density at radius 2 is 1.90 bits per heavy atom. The summed E-state index contributed by atoms with van der Waals surface area (Å²) in [7, 11) is 1.40. The van der Waals surface area contributed by atoms with Gasteiger partial charge < -0.3 is 19.6 Å². The Morgan fingerprint density at radius 1 is 1.18 bits per heavy atom. The van der Waals surface area contributed by atoms with Crippen LogP contribution in [0.5, 0.6) is 0 Å². The molecule has 0 bridgehead atoms. The van der Waals surface area contributed by atoms with E-state index < -0.39 is 63.5 Å². The van der Waals surface area contributed by atoms with Crippen LogP contribution in [0.2, 0.25) is 5.02 Å². The number of benzene rings is 2. The molecule has 8 nitrogen and oxygen atoms in total. The first-order chi connectivity index (χ1) is 18.8. The zero-order valence-electron chi connectivity index (χ0n) is 21.1. The molecular weight excluding hydrogens is 583 g/mol. The van der Waals surface area contributed by atoms with Crippen LogP contribution in [-0.2, 0) is 17.5 Å². The second kappa shape index (κ2) is 10.4. The van der Waals surface area contributed by atoms with Crippen molar-refractivity contribution < 1.29 is 36.6 Å². The molecule has 2 aliphatic heterocycles. The zero-order chi connectivity index (χ0) is 29.1. The van der Waals surface area contributed by atoms with Gasteiger partial charge in [-0.1, -0.05) is 11.6 Å². The first kappa shape index (κ1) is 28.4. The molecule has 0 saturated carbocycles. The van der Waals surface area contributed by atoms with Crippen LogP contribution < -0.4 is 10.6 Å². The van der Waals surface area contributed by atoms with Crippen LogP contribution in [0.1, 0.15) is 12.5 Å². The number of thioether (sulfide) groups is 1. The fourth-order valence-corrected chi connectivity index (χ4v) is 6.63. The molecule has 1 N–H and O–H groups in total. The van der Waals surface area contributed by atoms with Gasteiger partial charge in [0, 0.05) is 66.0 Å². The minimum absolute atomic E-state index is 0.0147. The van der Waals surface area contributed by atoms with Crippen molar-refractivity contribution in [2.24, 2.45) is 0 Å². The maximum Gasteiger partial charge on any atom is 0.417 e. The number of anilines is 1. The third-order valence-electron chi connectivity index (χ3n) is 7.09. The van der Waals surface area contributed by atoms with E-state index >= 15 is 4.39 Å². The predicted molar refractivity (Wildman–Crippen MR) is 139 cm³/mol. The molecule has 0 radical (unpaired) electrons. The molecule has 214 valence electrons. The van der Waals surface area contributed by atoms with Crippen molar-refractivity contribution >= 4 is 46.2 Å². The van der Waals surface area contributed by atoms with Crippen molar-refractivity contribution in [3.05, 3.63) is 50.9 Å². The van der Waals surface area contributed by atoms with Crippen LogP contribution >= 0.6 is 23.4 Å². The van der Waals surface area contributed by atoms with E-state index in [1.807, 2.05) is 0 Å². The van der Waals surface area contributed by atoms with Crippen molar-refractivity contribution in [3.63, 3.8) is 0 Å². The quantitative estimate of drug-likeness (QED) is 0.320. The number of alkyl halides is 3. The van der Waals surface area contributed by atoms with E-state index in [-0.39, 0.29) is 53.5 Å². The lowest BCUT2D eigenvalue weighted by Gasteiger charge is -2.40. The number of amides is 1. The lowest BCUT2D eigenvalue weighted by molar-refractivity contribution is -0.137. The standard InChI is InChI=1S/C25H22ClF5N4O4S/c1-11-8-33(24(37)38)3-4-34(11)22-14-5-15(25(29,30)31)19(13-6-16(26)18(28)7-17(13)27)21-20(14)35(23(36)32-22)9-12(39-2)10-40-21/h5-7,11-12H,3-4,8-10H2,1-2H3,(H,37,38)/t11-,12-/m0/s1. The van der Waals surface area contributed by atoms with Crippen LogP contribution in [0.25, 0.3) is 22.0 Å². The highest BCUT2D eigenvalue weighted by Gasteiger charge is 2.40. The minimum Gasteiger partial charge on any atom is -0.465 e. The van der Waals surface area contributed by atoms with Gasteiger partial charge in [0.25, 0.3) is 0 Å². The molecule has 40 heavy (non-hydrogen) atoms. The fourth-order valence-electron chi connectivity index (χ4n) is 5.15. The van der Waals surface area contributed by atoms with Crippen molar-refractivity contribution in [1.29, 1.82) is 0 Å². The van der Waals surface area contributed by atoms with Crippen molar-refractivity contribution in [2.45, 2.75) is 36.7 Å². The van der Waals surface area contributed by atoms with Gasteiger partial charge in [-0.2, -0.15) is 18.2 Å². The van der Waals surface area contributed by atoms with Gasteiger partial charge in [0.2, 0.25) is 0 Å². The number of halogens is 6. The highest BCUT2D eigenvalue weighted by atomic mass is 35.5. The SMILES string of the molecule is CO[C@@H]1CSc2c(-c3cc(Cl)c(F)cc3F)c(C(F)(F)F)cc3c(N4CCN(C(=O)O)C[C@@H]4C)nc(=O)n(c23)C1. The van der Waals surface area contributed by atoms with Gasteiger partial charge >= 0.3 is 18.0 Å². The number of hydrogen-bond acceptors (Lipinski definition) is 6. The Kier molecular flexibility index (Phi) is 7.38. The van der Waals surface area contributed by atoms with Crippen LogP contribution in [-0.4, -0.2) is 70.3 Å². The minimum atomic E-state index is -4.99. The number of ether oxygens (including phenoxy) is 1. The summed E-state index contributed by atoms with van der Waals surface area (Å²) in [6, 6.07) is 1.51. The monoisotopic (exact) mass is 604 g/mol. The fraction of sp³-hybridized carbons (Fsp3) is 0.400. The van der Waals surface area contributed by atoms with Gasteiger partial charge in [0.1, 0.15) is 17.5 Å². The van der Waals surface area contributed by atoms with Crippen LogP contribution in [0.4, 0.5) is 32.6 Å². The van der Waals surface area contributed by atoms with Gasteiger partial charge in [-0.05, 0) is 19.1 Å². The van der Waals surface area contributed by atoms with Crippen LogP contribution in [0.15, 0.2) is 27.9 Å². The molecule has 2 atom stereocenters. The molecule has 1 fully saturated rings. The number of methoxy groups -OCH3 is 1. The van der Waals surface area contributed by atoms with E-state index in [9.17, 15) is 32.3 Å². The summed E-state index contributed by atoms with van der Waals surface area (Å²) in [4.78, 5) is 31.7. The molecule has 0 spiro atoms. The number of aromatic nitrogens is 2. The first-order valence-electron chi connectivity index (χ1n) is 12.1. The third-order valence-corrected chi connectivity index (χ3v) is 8.60. The Labute approximate surface area is 233 Å². The molecule has 2 aromatic carbocycles. The summed E-state index contributed by atoms with van der Waals surface area (Å²) in [6.07, 6.45) is -6.72. The molecule has 3 aromatic rings. The number of carboxylic acid groups (broad SMARTS) is 1. The van der Waals surface area contributed by atoms with Gasteiger partial charge in [-0.15, -0.1) is 11.8 Å². The zero-order valence-corrected chi connectivity index (χ0v) is 22.6. The largest absolute Gasteiger partial charge is 0.465 e. The maximum atomic E-state index is 15.1. The van der Waals surface area contributed by atoms with Crippen LogP contribution in [0, 0.1) is 11.6 Å². The molecule has 3 heterocycles. The summed E-state index contributed by atoms with van der Waals surface area (Å²) in [5.74, 6) is -2.30. The molecule has 1 aromatic heterocycles. The summed E-state index contributed by atoms with van der Waals surface area (Å²) < 4.78 is 79.8. The average molecular weight is 605 g/mol. The number of rotatable bonds is 3. The lowest BCUT2D eigenvalue weighted by atomic mass is 9.95. The number of carbonyl (C=O) groups is 1. The van der Waals surface area contributed by atoms with Gasteiger partial charge in [-0.25, -0.2) is 18.4 Å². The normalized spacial score (nSPS) is 19.7. The average Bonchev–Trinajstić information content (AvgIpc) is 3.08. The van der Waals surface area contributed by atoms with Gasteiger partial charge in [0.15, 0.2) is 0 Å². The van der Waals surface area contributed by atoms with E-state index in [1.54, 1.807) is 11.8 Å². The summed E-state index contributed by atoms with van der Waals surface area (Å²) in [5, 5.41) is 8.80. The maximum absolute atomic E-state index is 15.1. The Balaban J connectivity index is 1.88. The number of nitrogens with zero attached hydrogens (tertiary/aromatic N) is 4. The third kappa shape index (κ3) is 4.85. The van der Waals surface area contributed by atoms with Crippen molar-refractivity contribution in [2.75, 3.05) is 37.4 Å². The van der Waals surface area contributed by atoms with Gasteiger partial charge in [-0.3, -0.25) is 4.57 Å². The number of piperazine rings is 1. The molecular formula is C25H22ClF5N4O4S. The predicted octanol–water partition coefficient (Wildman–Crippen LogP) is 5.32. The van der Waals surface area contributed by atoms with Gasteiger partial charge in [0.05, 0.1) is 28.8 Å². The Bertz CT molecular complexity index is 1580. The van der Waals surface area contributed by atoms with Crippen molar-refractivity contribution in [1.82, 2.24) is 14.5 Å². The van der Waals surface area contributed by atoms with E-state index in [0.29, 0.717) is 6.07 Å². The smallest absolute Gasteiger partial charge is 0.417 e. The van der Waals surface area contributed by atoms with E-state index in [2.05, 4.69) is 4.98 Å². The van der Waals surface area contributed by atoms with Crippen molar-refractivity contribution in [3.8, 4) is 11.1 Å². The highest BCUT2D eigenvalue weighted by Crippen LogP contribution is 2.49. The topological polar surface area (TPSA) is 87.9 Å². The highest BCUT2D eigenvalue weighted by molar-refractivity contribution is 7.99. The first-order valence-corrected chi connectivity index (χ1v) is 13.4. The molecule has 1 saturated heterocycles. The molecule has 2 aliphatic rings. The summed E-state index contributed by atoms with van der Waals surface area (Å²) in [6.45, 7) is 1.81. The number of hydrogen-bond donors (Lipinski definition) is 1. The molecule has 15 heteroatoms. The van der Waals surface area contributed by atoms with Crippen LogP contribution in [0.3, 0.4) is 0 Å². The molecule has 0 aliphatic carbocycles. The lowest BCUT2D eigenvalue weighted by Crippen LogP contribution is -2.54. The Morgan fingerprint density at radius 3 is 2.52 bits per heavy atom. The second-order valence-electron chi connectivity index (χ2n) is 9.54. The molecule has 0 unspecified atom stereocenters. The van der Waals surface area contributed by atoms with E-state index in [1.165, 1.54) is 16.6 Å². The van der Waals surface area contributed by atoms with E-state index in [4.69, 9.17) is 16.3 Å². The summed E-state index contributed by atoms with van der Waals surface area (Å²) >= 11 is 6.83. The molecule has 1 amide bonds. The van der Waals surface area contributed by atoms with E-state index in [0.717, 1.165) is 23.9 Å². The Hall–Kier alpha value is -3.10. The molecule has 5 rings (SSSR count). The summed E-state index contributed by atoms with van der Waals surface area (Å²) in [5.41, 5.74) is -3.03. The second-order valence-corrected chi connectivity index (χ2v) is 11.0.